The Bertz CT molecular complexity index is 376. The first-order chi connectivity index (χ1) is 8.54. The number of carbonyl (C=O) groups excluding carboxylic acids is 1. The summed E-state index contributed by atoms with van der Waals surface area (Å²) in [4.78, 5) is 12.6. The molecule has 0 aromatic carbocycles. The molecule has 4 nitrogen and oxygen atoms in total. The van der Waals surface area contributed by atoms with Crippen molar-refractivity contribution in [3.63, 3.8) is 0 Å². The summed E-state index contributed by atoms with van der Waals surface area (Å²) in [5, 5.41) is 14.3. The quantitative estimate of drug-likeness (QED) is 0.798. The van der Waals surface area contributed by atoms with Crippen LogP contribution in [0.4, 0.5) is 0 Å². The van der Waals surface area contributed by atoms with E-state index in [0.717, 1.165) is 5.56 Å². The molecule has 0 aliphatic heterocycles. The summed E-state index contributed by atoms with van der Waals surface area (Å²) in [6, 6.07) is 1.88. The smallest absolute Gasteiger partial charge is 0.261 e. The number of carbonyl (C=O) groups is 1. The van der Waals surface area contributed by atoms with Gasteiger partial charge >= 0.3 is 0 Å². The van der Waals surface area contributed by atoms with Crippen LogP contribution >= 0.6 is 11.3 Å². The highest BCUT2D eigenvalue weighted by Gasteiger charge is 2.14. The second-order valence-corrected chi connectivity index (χ2v) is 5.62. The molecule has 2 N–H and O–H groups in total. The molecule has 5 heteroatoms. The van der Waals surface area contributed by atoms with Gasteiger partial charge in [-0.25, -0.2) is 0 Å². The minimum absolute atomic E-state index is 0.139. The van der Waals surface area contributed by atoms with E-state index in [1.165, 1.54) is 11.3 Å². The lowest BCUT2D eigenvalue weighted by molar-refractivity contribution is 0.0900. The maximum atomic E-state index is 11.9. The highest BCUT2D eigenvalue weighted by molar-refractivity contribution is 7.12. The normalized spacial score (nSPS) is 12.7. The van der Waals surface area contributed by atoms with Gasteiger partial charge in [0.15, 0.2) is 0 Å². The molecule has 0 bridgehead atoms. The van der Waals surface area contributed by atoms with Gasteiger partial charge in [0.05, 0.1) is 17.6 Å². The number of thiophene rings is 1. The molecule has 0 aliphatic rings. The number of aliphatic hydroxyl groups is 1. The first-order valence-corrected chi connectivity index (χ1v) is 6.94. The van der Waals surface area contributed by atoms with Gasteiger partial charge in [-0.05, 0) is 23.8 Å². The molecule has 0 aliphatic carbocycles. The van der Waals surface area contributed by atoms with Crippen LogP contribution in [0.3, 0.4) is 0 Å². The highest BCUT2D eigenvalue weighted by atomic mass is 32.1. The molecule has 1 heterocycles. The average Bonchev–Trinajstić information content (AvgIpc) is 2.74. The topological polar surface area (TPSA) is 58.6 Å². The maximum Gasteiger partial charge on any atom is 0.261 e. The lowest BCUT2D eigenvalue weighted by Gasteiger charge is -2.13. The van der Waals surface area contributed by atoms with Crippen LogP contribution in [-0.2, 0) is 11.3 Å². The van der Waals surface area contributed by atoms with Gasteiger partial charge < -0.3 is 15.2 Å². The van der Waals surface area contributed by atoms with Crippen molar-refractivity contribution in [3.8, 4) is 0 Å². The van der Waals surface area contributed by atoms with Crippen LogP contribution in [0.25, 0.3) is 0 Å². The van der Waals surface area contributed by atoms with Crippen molar-refractivity contribution in [1.82, 2.24) is 5.32 Å². The fourth-order valence-corrected chi connectivity index (χ4v) is 2.55. The summed E-state index contributed by atoms with van der Waals surface area (Å²) in [6.45, 7) is 4.81. The summed E-state index contributed by atoms with van der Waals surface area (Å²) in [7, 11) is 1.60. The van der Waals surface area contributed by atoms with Crippen molar-refractivity contribution < 1.29 is 14.6 Å². The Hall–Kier alpha value is -0.910. The Labute approximate surface area is 112 Å². The zero-order valence-electron chi connectivity index (χ0n) is 11.1. The molecule has 1 aromatic heterocycles. The molecule has 0 saturated heterocycles. The molecule has 1 amide bonds. The van der Waals surface area contributed by atoms with Crippen LogP contribution in [0.15, 0.2) is 11.4 Å². The van der Waals surface area contributed by atoms with Crippen molar-refractivity contribution in [1.29, 1.82) is 0 Å². The number of aliphatic hydroxyl groups excluding tert-OH is 1. The van der Waals surface area contributed by atoms with E-state index in [1.807, 2.05) is 25.3 Å². The van der Waals surface area contributed by atoms with Crippen LogP contribution < -0.4 is 5.32 Å². The van der Waals surface area contributed by atoms with Crippen LogP contribution in [0.1, 0.15) is 35.5 Å². The third kappa shape index (κ3) is 4.76. The number of rotatable bonds is 7. The molecule has 0 radical (unpaired) electrons. The summed E-state index contributed by atoms with van der Waals surface area (Å²) in [5.74, 6) is 0.280. The summed E-state index contributed by atoms with van der Waals surface area (Å²) >= 11 is 1.39. The first kappa shape index (κ1) is 15.1. The van der Waals surface area contributed by atoms with E-state index in [1.54, 1.807) is 7.11 Å². The predicted octanol–water partition coefficient (Wildman–Crippen LogP) is 2.03. The Kier molecular flexibility index (Phi) is 6.32. The number of hydrogen-bond donors (Lipinski definition) is 2. The van der Waals surface area contributed by atoms with Crippen molar-refractivity contribution >= 4 is 17.2 Å². The van der Waals surface area contributed by atoms with Crippen LogP contribution in [0.2, 0.25) is 0 Å². The predicted molar refractivity (Wildman–Crippen MR) is 72.8 cm³/mol. The lowest BCUT2D eigenvalue weighted by atomic mass is 10.1. The fourth-order valence-electron chi connectivity index (χ4n) is 1.72. The maximum absolute atomic E-state index is 11.9. The Morgan fingerprint density at radius 3 is 2.89 bits per heavy atom. The second kappa shape index (κ2) is 7.51. The number of ether oxygens (including phenoxy) is 1. The first-order valence-electron chi connectivity index (χ1n) is 6.06. The molecular formula is C13H21NO3S. The molecular weight excluding hydrogens is 250 g/mol. The van der Waals surface area contributed by atoms with E-state index in [9.17, 15) is 9.90 Å². The molecule has 0 fully saturated rings. The zero-order valence-corrected chi connectivity index (χ0v) is 11.9. The number of nitrogens with one attached hydrogen (secondary N) is 1. The Balaban J connectivity index is 2.47. The van der Waals surface area contributed by atoms with E-state index in [4.69, 9.17) is 4.74 Å². The van der Waals surface area contributed by atoms with Gasteiger partial charge in [0.1, 0.15) is 0 Å². The van der Waals surface area contributed by atoms with Gasteiger partial charge in [-0.2, -0.15) is 0 Å². The Morgan fingerprint density at radius 1 is 1.56 bits per heavy atom. The van der Waals surface area contributed by atoms with Gasteiger partial charge in [-0.15, -0.1) is 11.3 Å². The van der Waals surface area contributed by atoms with Crippen LogP contribution in [0.5, 0.6) is 0 Å². The van der Waals surface area contributed by atoms with E-state index >= 15 is 0 Å². The van der Waals surface area contributed by atoms with Crippen LogP contribution in [0, 0.1) is 5.92 Å². The fraction of sp³-hybridized carbons (Fsp3) is 0.615. The zero-order chi connectivity index (χ0) is 13.5. The summed E-state index contributed by atoms with van der Waals surface area (Å²) in [5.41, 5.74) is 0.887. The molecule has 102 valence electrons. The largest absolute Gasteiger partial charge is 0.391 e. The molecule has 1 unspecified atom stereocenters. The van der Waals surface area contributed by atoms with Gasteiger partial charge in [0, 0.05) is 19.2 Å². The molecule has 0 saturated carbocycles. The minimum atomic E-state index is -0.486. The highest BCUT2D eigenvalue weighted by Crippen LogP contribution is 2.17. The van der Waals surface area contributed by atoms with E-state index < -0.39 is 6.10 Å². The van der Waals surface area contributed by atoms with Crippen molar-refractivity contribution in [3.05, 3.63) is 21.9 Å². The minimum Gasteiger partial charge on any atom is -0.391 e. The standard InChI is InChI=1S/C13H21NO3S/c1-9(2)6-11(15)7-14-13(16)12-10(8-17-3)4-5-18-12/h4-5,9,11,15H,6-8H2,1-3H3,(H,14,16). The van der Waals surface area contributed by atoms with E-state index in [2.05, 4.69) is 5.32 Å². The molecule has 1 aromatic rings. The molecule has 0 spiro atoms. The van der Waals surface area contributed by atoms with E-state index in [0.29, 0.717) is 30.4 Å². The van der Waals surface area contributed by atoms with Gasteiger partial charge in [-0.1, -0.05) is 13.8 Å². The summed E-state index contributed by atoms with van der Waals surface area (Å²) < 4.78 is 5.03. The molecule has 18 heavy (non-hydrogen) atoms. The van der Waals surface area contributed by atoms with Crippen LogP contribution in [-0.4, -0.2) is 30.8 Å². The van der Waals surface area contributed by atoms with Crippen molar-refractivity contribution in [2.45, 2.75) is 33.0 Å². The van der Waals surface area contributed by atoms with E-state index in [-0.39, 0.29) is 5.91 Å². The third-order valence-electron chi connectivity index (χ3n) is 2.49. The van der Waals surface area contributed by atoms with Gasteiger partial charge in [0.25, 0.3) is 5.91 Å². The summed E-state index contributed by atoms with van der Waals surface area (Å²) in [6.07, 6.45) is 0.204. The number of amides is 1. The van der Waals surface area contributed by atoms with Gasteiger partial charge in [-0.3, -0.25) is 4.79 Å². The lowest BCUT2D eigenvalue weighted by Crippen LogP contribution is -2.32. The monoisotopic (exact) mass is 271 g/mol. The molecule has 1 atom stereocenters. The van der Waals surface area contributed by atoms with Gasteiger partial charge in [0.2, 0.25) is 0 Å². The van der Waals surface area contributed by atoms with Crippen molar-refractivity contribution in [2.24, 2.45) is 5.92 Å². The van der Waals surface area contributed by atoms with Crippen molar-refractivity contribution in [2.75, 3.05) is 13.7 Å². The Morgan fingerprint density at radius 2 is 2.28 bits per heavy atom. The number of methoxy groups -OCH3 is 1. The average molecular weight is 271 g/mol. The third-order valence-corrected chi connectivity index (χ3v) is 3.45. The second-order valence-electron chi connectivity index (χ2n) is 4.70. The molecule has 1 rings (SSSR count). The number of hydrogen-bond acceptors (Lipinski definition) is 4. The SMILES string of the molecule is COCc1ccsc1C(=O)NCC(O)CC(C)C.